The topological polar surface area (TPSA) is 82.0 Å². The van der Waals surface area contributed by atoms with Crippen LogP contribution in [0.2, 0.25) is 0 Å². The summed E-state index contributed by atoms with van der Waals surface area (Å²) < 4.78 is 0. The van der Waals surface area contributed by atoms with Crippen molar-refractivity contribution in [3.05, 3.63) is 21.5 Å². The molecule has 1 rings (SSSR count). The lowest BCUT2D eigenvalue weighted by atomic mass is 10.5. The highest BCUT2D eigenvalue weighted by Crippen LogP contribution is 2.20. The molecule has 0 atom stereocenters. The molecule has 0 bridgehead atoms. The Hall–Kier alpha value is -1.59. The number of nitrogens with zero attached hydrogens (tertiary/aromatic N) is 5. The summed E-state index contributed by atoms with van der Waals surface area (Å²) >= 11 is 1.37. The molecule has 0 aliphatic rings. The molecule has 6 nitrogen and oxygen atoms in total. The van der Waals surface area contributed by atoms with E-state index in [-0.39, 0.29) is 12.5 Å². The van der Waals surface area contributed by atoms with Gasteiger partial charge in [0.25, 0.3) is 0 Å². The van der Waals surface area contributed by atoms with Gasteiger partial charge in [-0.25, -0.2) is 4.98 Å². The van der Waals surface area contributed by atoms with Crippen LogP contribution in [0.15, 0.2) is 10.5 Å². The quantitative estimate of drug-likeness (QED) is 0.447. The van der Waals surface area contributed by atoms with Crippen molar-refractivity contribution < 1.29 is 4.79 Å². The lowest BCUT2D eigenvalue weighted by Gasteiger charge is -2.14. The molecule has 1 aromatic rings. The molecule has 0 unspecified atom stereocenters. The third-order valence-electron chi connectivity index (χ3n) is 1.76. The van der Waals surface area contributed by atoms with Crippen molar-refractivity contribution in [3.8, 4) is 0 Å². The molecule has 0 aliphatic heterocycles. The van der Waals surface area contributed by atoms with E-state index >= 15 is 0 Å². The van der Waals surface area contributed by atoms with Crippen LogP contribution in [0, 0.1) is 0 Å². The van der Waals surface area contributed by atoms with Crippen molar-refractivity contribution in [3.63, 3.8) is 0 Å². The second kappa shape index (κ2) is 5.33. The van der Waals surface area contributed by atoms with E-state index in [1.807, 2.05) is 6.92 Å². The van der Waals surface area contributed by atoms with E-state index in [0.29, 0.717) is 17.4 Å². The van der Waals surface area contributed by atoms with Crippen LogP contribution in [0.5, 0.6) is 0 Å². The first-order valence-corrected chi connectivity index (χ1v) is 5.30. The second-order valence-corrected chi connectivity index (χ2v) is 3.61. The van der Waals surface area contributed by atoms with E-state index in [1.165, 1.54) is 18.3 Å². The van der Waals surface area contributed by atoms with Crippen molar-refractivity contribution in [1.82, 2.24) is 4.98 Å². The second-order valence-electron chi connectivity index (χ2n) is 2.77. The Balaban J connectivity index is 2.81. The van der Waals surface area contributed by atoms with Gasteiger partial charge >= 0.3 is 0 Å². The summed E-state index contributed by atoms with van der Waals surface area (Å²) in [4.78, 5) is 19.6. The Bertz CT molecular complexity index is 395. The van der Waals surface area contributed by atoms with Gasteiger partial charge in [0.15, 0.2) is 5.13 Å². The maximum Gasteiger partial charge on any atom is 0.225 e. The average molecular weight is 225 g/mol. The fourth-order valence-electron chi connectivity index (χ4n) is 1.09. The van der Waals surface area contributed by atoms with Crippen LogP contribution < -0.4 is 4.90 Å². The van der Waals surface area contributed by atoms with Crippen LogP contribution in [-0.2, 0) is 11.3 Å². The zero-order valence-electron chi connectivity index (χ0n) is 8.54. The molecule has 1 amide bonds. The Morgan fingerprint density at radius 2 is 2.53 bits per heavy atom. The standard InChI is InChI=1S/C8H11N5OS/c1-3-13(6(2)14)8-11-7(5-15-8)4-10-12-9/h5H,3-4H2,1-2H3. The molecular weight excluding hydrogens is 214 g/mol. The van der Waals surface area contributed by atoms with Gasteiger partial charge in [0.05, 0.1) is 12.2 Å². The first kappa shape index (κ1) is 11.5. The van der Waals surface area contributed by atoms with Gasteiger partial charge in [-0.15, -0.1) is 11.3 Å². The predicted molar refractivity (Wildman–Crippen MR) is 58.7 cm³/mol. The zero-order chi connectivity index (χ0) is 11.3. The van der Waals surface area contributed by atoms with Crippen LogP contribution >= 0.6 is 11.3 Å². The van der Waals surface area contributed by atoms with Crippen LogP contribution in [-0.4, -0.2) is 17.4 Å². The summed E-state index contributed by atoms with van der Waals surface area (Å²) in [5.74, 6) is -0.0396. The monoisotopic (exact) mass is 225 g/mol. The van der Waals surface area contributed by atoms with E-state index in [2.05, 4.69) is 15.0 Å². The summed E-state index contributed by atoms with van der Waals surface area (Å²) in [6.45, 7) is 4.19. The Labute approximate surface area is 91.2 Å². The van der Waals surface area contributed by atoms with Gasteiger partial charge in [-0.05, 0) is 12.5 Å². The number of carbonyl (C=O) groups excluding carboxylic acids is 1. The molecule has 0 aromatic carbocycles. The molecule has 0 saturated heterocycles. The molecule has 1 heterocycles. The number of thiazole rings is 1. The predicted octanol–water partition coefficient (Wildman–Crippen LogP) is 2.33. The van der Waals surface area contributed by atoms with Crippen LogP contribution in [0.4, 0.5) is 5.13 Å². The van der Waals surface area contributed by atoms with E-state index in [4.69, 9.17) is 5.53 Å². The number of hydrogen-bond donors (Lipinski definition) is 0. The highest BCUT2D eigenvalue weighted by Gasteiger charge is 2.12. The largest absolute Gasteiger partial charge is 0.289 e. The molecule has 80 valence electrons. The van der Waals surface area contributed by atoms with Gasteiger partial charge in [0.1, 0.15) is 0 Å². The van der Waals surface area contributed by atoms with E-state index in [1.54, 1.807) is 10.3 Å². The Kier molecular flexibility index (Phi) is 4.08. The third-order valence-corrected chi connectivity index (χ3v) is 2.68. The lowest BCUT2D eigenvalue weighted by molar-refractivity contribution is -0.116. The first-order chi connectivity index (χ1) is 7.19. The fraction of sp³-hybridized carbons (Fsp3) is 0.500. The summed E-state index contributed by atoms with van der Waals surface area (Å²) in [7, 11) is 0. The minimum atomic E-state index is -0.0396. The highest BCUT2D eigenvalue weighted by molar-refractivity contribution is 7.14. The van der Waals surface area contributed by atoms with Crippen molar-refractivity contribution in [1.29, 1.82) is 0 Å². The molecule has 0 fully saturated rings. The van der Waals surface area contributed by atoms with E-state index in [9.17, 15) is 4.79 Å². The van der Waals surface area contributed by atoms with Crippen LogP contribution in [0.1, 0.15) is 19.5 Å². The normalized spacial score (nSPS) is 9.47. The van der Waals surface area contributed by atoms with Gasteiger partial charge in [-0.3, -0.25) is 9.69 Å². The molecule has 0 radical (unpaired) electrons. The fourth-order valence-corrected chi connectivity index (χ4v) is 2.01. The summed E-state index contributed by atoms with van der Waals surface area (Å²) in [5, 5.41) is 5.84. The minimum absolute atomic E-state index is 0.0396. The molecule has 0 aliphatic carbocycles. The van der Waals surface area contributed by atoms with Gasteiger partial charge in [0, 0.05) is 23.8 Å². The van der Waals surface area contributed by atoms with Gasteiger partial charge in [-0.1, -0.05) is 5.11 Å². The minimum Gasteiger partial charge on any atom is -0.289 e. The summed E-state index contributed by atoms with van der Waals surface area (Å²) in [6.07, 6.45) is 0. The van der Waals surface area contributed by atoms with Crippen molar-refractivity contribution in [2.45, 2.75) is 20.4 Å². The molecular formula is C8H11N5OS. The number of anilines is 1. The number of rotatable bonds is 4. The Morgan fingerprint density at radius 3 is 3.07 bits per heavy atom. The van der Waals surface area contributed by atoms with Crippen molar-refractivity contribution >= 4 is 22.4 Å². The number of hydrogen-bond acceptors (Lipinski definition) is 4. The molecule has 0 N–H and O–H groups in total. The Morgan fingerprint density at radius 1 is 1.80 bits per heavy atom. The van der Waals surface area contributed by atoms with Gasteiger partial charge in [-0.2, -0.15) is 0 Å². The molecule has 0 spiro atoms. The number of azide groups is 1. The summed E-state index contributed by atoms with van der Waals surface area (Å²) in [6, 6.07) is 0. The molecule has 15 heavy (non-hydrogen) atoms. The molecule has 1 aromatic heterocycles. The van der Waals surface area contributed by atoms with E-state index < -0.39 is 0 Å². The smallest absolute Gasteiger partial charge is 0.225 e. The van der Waals surface area contributed by atoms with Gasteiger partial charge < -0.3 is 0 Å². The van der Waals surface area contributed by atoms with Gasteiger partial charge in [0.2, 0.25) is 5.91 Å². The molecule has 0 saturated carbocycles. The van der Waals surface area contributed by atoms with Crippen molar-refractivity contribution in [2.24, 2.45) is 5.11 Å². The number of carbonyl (C=O) groups is 1. The zero-order valence-corrected chi connectivity index (χ0v) is 9.36. The SMILES string of the molecule is CCN(C(C)=O)c1nc(CN=[N+]=[N-])cs1. The maximum absolute atomic E-state index is 11.2. The third kappa shape index (κ3) is 2.93. The van der Waals surface area contributed by atoms with Crippen LogP contribution in [0.25, 0.3) is 10.4 Å². The van der Waals surface area contributed by atoms with Crippen LogP contribution in [0.3, 0.4) is 0 Å². The molecule has 7 heteroatoms. The van der Waals surface area contributed by atoms with E-state index in [0.717, 1.165) is 0 Å². The maximum atomic E-state index is 11.2. The summed E-state index contributed by atoms with van der Waals surface area (Å²) in [5.41, 5.74) is 8.83. The number of amides is 1. The highest BCUT2D eigenvalue weighted by atomic mass is 32.1. The average Bonchev–Trinajstić information content (AvgIpc) is 2.64. The van der Waals surface area contributed by atoms with Crippen molar-refractivity contribution in [2.75, 3.05) is 11.4 Å². The first-order valence-electron chi connectivity index (χ1n) is 4.42. The lowest BCUT2D eigenvalue weighted by Crippen LogP contribution is -2.27. The number of aromatic nitrogens is 1.